The molecule has 1 heterocycles. The van der Waals surface area contributed by atoms with E-state index in [2.05, 4.69) is 36.9 Å². The third kappa shape index (κ3) is 7.14. The number of nitrogens with zero attached hydrogens (tertiary/aromatic N) is 2. The van der Waals surface area contributed by atoms with E-state index in [1.165, 1.54) is 6.20 Å². The zero-order valence-corrected chi connectivity index (χ0v) is 21.6. The number of rotatable bonds is 9. The largest absolute Gasteiger partial charge is 0.354 e. The van der Waals surface area contributed by atoms with Crippen LogP contribution in [0.2, 0.25) is 0 Å². The number of carbonyl (C=O) groups excluding carboxylic acids is 3. The van der Waals surface area contributed by atoms with Gasteiger partial charge in [-0.3, -0.25) is 14.6 Å². The molecule has 3 N–H and O–H groups in total. The van der Waals surface area contributed by atoms with E-state index in [0.29, 0.717) is 21.4 Å². The normalized spacial score (nSPS) is 10.5. The zero-order chi connectivity index (χ0) is 26.0. The van der Waals surface area contributed by atoms with Crippen LogP contribution in [0.3, 0.4) is 0 Å². The first kappa shape index (κ1) is 25.8. The van der Waals surface area contributed by atoms with Crippen molar-refractivity contribution in [2.75, 3.05) is 29.9 Å². The summed E-state index contributed by atoms with van der Waals surface area (Å²) in [7, 11) is 0. The lowest BCUT2D eigenvalue weighted by molar-refractivity contribution is -0.120. The zero-order valence-electron chi connectivity index (χ0n) is 20.0. The molecule has 8 nitrogen and oxygen atoms in total. The Balaban J connectivity index is 1.26. The summed E-state index contributed by atoms with van der Waals surface area (Å²) in [5.74, 6) is -0.448. The van der Waals surface area contributed by atoms with Crippen molar-refractivity contribution in [2.45, 2.75) is 6.42 Å². The van der Waals surface area contributed by atoms with Gasteiger partial charge in [-0.25, -0.2) is 4.79 Å². The molecular formula is C28H26BrN5O3. The van der Waals surface area contributed by atoms with E-state index in [4.69, 9.17) is 0 Å². The van der Waals surface area contributed by atoms with Gasteiger partial charge in [0.15, 0.2) is 0 Å². The number of benzene rings is 3. The molecule has 188 valence electrons. The van der Waals surface area contributed by atoms with Gasteiger partial charge in [-0.05, 0) is 45.6 Å². The Morgan fingerprint density at radius 3 is 2.41 bits per heavy atom. The minimum absolute atomic E-state index is 0.109. The summed E-state index contributed by atoms with van der Waals surface area (Å²) >= 11 is 3.35. The molecular weight excluding hydrogens is 534 g/mol. The number of para-hydroxylation sites is 1. The number of hydrogen-bond donors (Lipinski definition) is 3. The molecule has 0 radical (unpaired) electrons. The number of carbonyl (C=O) groups is 3. The first-order valence-corrected chi connectivity index (χ1v) is 12.6. The molecule has 0 fully saturated rings. The van der Waals surface area contributed by atoms with Gasteiger partial charge in [-0.2, -0.15) is 0 Å². The molecule has 0 spiro atoms. The smallest absolute Gasteiger partial charge is 0.319 e. The lowest BCUT2D eigenvalue weighted by Crippen LogP contribution is -2.39. The van der Waals surface area contributed by atoms with E-state index in [1.807, 2.05) is 72.8 Å². The Morgan fingerprint density at radius 1 is 0.838 bits per heavy atom. The highest BCUT2D eigenvalue weighted by Gasteiger charge is 2.18. The highest BCUT2D eigenvalue weighted by Crippen LogP contribution is 2.22. The first-order chi connectivity index (χ1) is 18.0. The van der Waals surface area contributed by atoms with Crippen LogP contribution in [0, 0.1) is 0 Å². The van der Waals surface area contributed by atoms with Crippen molar-refractivity contribution in [2.24, 2.45) is 0 Å². The van der Waals surface area contributed by atoms with Gasteiger partial charge in [0.2, 0.25) is 5.91 Å². The highest BCUT2D eigenvalue weighted by molar-refractivity contribution is 9.10. The second-order valence-corrected chi connectivity index (χ2v) is 9.11. The van der Waals surface area contributed by atoms with Gasteiger partial charge in [-0.15, -0.1) is 0 Å². The summed E-state index contributed by atoms with van der Waals surface area (Å²) < 4.78 is 0.705. The number of aromatic nitrogens is 1. The first-order valence-electron chi connectivity index (χ1n) is 11.8. The second kappa shape index (κ2) is 12.6. The molecule has 4 aromatic rings. The molecule has 9 heteroatoms. The van der Waals surface area contributed by atoms with Crippen LogP contribution in [-0.2, 0) is 4.79 Å². The molecule has 37 heavy (non-hydrogen) atoms. The number of hydrogen-bond acceptors (Lipinski definition) is 4. The van der Waals surface area contributed by atoms with E-state index in [9.17, 15) is 14.4 Å². The lowest BCUT2D eigenvalue weighted by Gasteiger charge is -2.23. The predicted octanol–water partition coefficient (Wildman–Crippen LogP) is 4.97. The van der Waals surface area contributed by atoms with Gasteiger partial charge in [0.05, 0.1) is 11.3 Å². The molecule has 0 aliphatic heterocycles. The van der Waals surface area contributed by atoms with Crippen LogP contribution in [0.1, 0.15) is 16.8 Å². The van der Waals surface area contributed by atoms with Crippen LogP contribution in [0.15, 0.2) is 95.7 Å². The van der Waals surface area contributed by atoms with Crippen LogP contribution >= 0.6 is 15.9 Å². The van der Waals surface area contributed by atoms with Crippen molar-refractivity contribution >= 4 is 55.9 Å². The summed E-state index contributed by atoms with van der Waals surface area (Å²) in [6.45, 7) is 0.701. The van der Waals surface area contributed by atoms with Crippen LogP contribution in [-0.4, -0.2) is 42.5 Å². The predicted molar refractivity (Wildman–Crippen MR) is 149 cm³/mol. The van der Waals surface area contributed by atoms with E-state index in [0.717, 1.165) is 10.8 Å². The quantitative estimate of drug-likeness (QED) is 0.269. The SMILES string of the molecule is O=C(CCNC(=O)Nc1cccc2ccccc12)NCCN(C(=O)c1cncc(Br)c1)c1ccccc1. The number of nitrogens with one attached hydrogen (secondary N) is 3. The summed E-state index contributed by atoms with van der Waals surface area (Å²) in [6.07, 6.45) is 3.23. The molecule has 0 unspecified atom stereocenters. The molecule has 0 aliphatic carbocycles. The van der Waals surface area contributed by atoms with Crippen molar-refractivity contribution in [3.05, 3.63) is 101 Å². The standard InChI is InChI=1S/C28H26BrN5O3/c29-22-17-21(18-30-19-22)27(36)34(23-9-2-1-3-10-23)16-15-31-26(35)13-14-32-28(37)33-25-12-6-8-20-7-4-5-11-24(20)25/h1-12,17-19H,13-16H2,(H,31,35)(H2,32,33,37). The minimum Gasteiger partial charge on any atom is -0.354 e. The molecule has 0 aliphatic rings. The number of amides is 4. The molecule has 0 saturated carbocycles. The summed E-state index contributed by atoms with van der Waals surface area (Å²) in [5, 5.41) is 10.3. The maximum Gasteiger partial charge on any atom is 0.319 e. The maximum atomic E-state index is 13.1. The minimum atomic E-state index is -0.382. The van der Waals surface area contributed by atoms with Gasteiger partial charge in [0, 0.05) is 54.0 Å². The average molecular weight is 560 g/mol. The van der Waals surface area contributed by atoms with Crippen molar-refractivity contribution in [3.8, 4) is 0 Å². The molecule has 0 bridgehead atoms. The Morgan fingerprint density at radius 2 is 1.59 bits per heavy atom. The number of halogens is 1. The summed E-state index contributed by atoms with van der Waals surface area (Å²) in [5.41, 5.74) is 1.85. The molecule has 4 rings (SSSR count). The molecule has 1 aromatic heterocycles. The van der Waals surface area contributed by atoms with E-state index >= 15 is 0 Å². The summed E-state index contributed by atoms with van der Waals surface area (Å²) in [4.78, 5) is 43.5. The van der Waals surface area contributed by atoms with Gasteiger partial charge >= 0.3 is 6.03 Å². The van der Waals surface area contributed by atoms with Crippen LogP contribution < -0.4 is 20.9 Å². The van der Waals surface area contributed by atoms with Crippen LogP contribution in [0.5, 0.6) is 0 Å². The Hall–Kier alpha value is -4.24. The second-order valence-electron chi connectivity index (χ2n) is 8.19. The van der Waals surface area contributed by atoms with Crippen LogP contribution in [0.25, 0.3) is 10.8 Å². The van der Waals surface area contributed by atoms with Gasteiger partial charge in [0.25, 0.3) is 5.91 Å². The monoisotopic (exact) mass is 559 g/mol. The van der Waals surface area contributed by atoms with Crippen molar-refractivity contribution in [1.82, 2.24) is 15.6 Å². The molecule has 0 saturated heterocycles. The lowest BCUT2D eigenvalue weighted by atomic mass is 10.1. The van der Waals surface area contributed by atoms with Gasteiger partial charge in [-0.1, -0.05) is 54.6 Å². The fraction of sp³-hybridized carbons (Fsp3) is 0.143. The number of pyridine rings is 1. The fourth-order valence-electron chi connectivity index (χ4n) is 3.83. The van der Waals surface area contributed by atoms with E-state index in [1.54, 1.807) is 17.2 Å². The molecule has 0 atom stereocenters. The molecule has 4 amide bonds. The number of anilines is 2. The third-order valence-electron chi connectivity index (χ3n) is 5.60. The Labute approximate surface area is 223 Å². The van der Waals surface area contributed by atoms with Crippen molar-refractivity contribution < 1.29 is 14.4 Å². The maximum absolute atomic E-state index is 13.1. The average Bonchev–Trinajstić information content (AvgIpc) is 2.91. The fourth-order valence-corrected chi connectivity index (χ4v) is 4.19. The van der Waals surface area contributed by atoms with Gasteiger partial charge in [0.1, 0.15) is 0 Å². The van der Waals surface area contributed by atoms with Crippen molar-refractivity contribution in [3.63, 3.8) is 0 Å². The number of fused-ring (bicyclic) bond motifs is 1. The van der Waals surface area contributed by atoms with E-state index in [-0.39, 0.29) is 43.9 Å². The topological polar surface area (TPSA) is 103 Å². The third-order valence-corrected chi connectivity index (χ3v) is 6.03. The van der Waals surface area contributed by atoms with E-state index < -0.39 is 0 Å². The number of urea groups is 1. The highest BCUT2D eigenvalue weighted by atomic mass is 79.9. The van der Waals surface area contributed by atoms with Gasteiger partial charge < -0.3 is 20.9 Å². The van der Waals surface area contributed by atoms with Crippen LogP contribution in [0.4, 0.5) is 16.2 Å². The summed E-state index contributed by atoms with van der Waals surface area (Å²) in [6, 6.07) is 24.0. The molecule has 3 aromatic carbocycles. The Kier molecular flexibility index (Phi) is 8.83. The van der Waals surface area contributed by atoms with Crippen molar-refractivity contribution in [1.29, 1.82) is 0 Å². The Bertz CT molecular complexity index is 1390.